The van der Waals surface area contributed by atoms with Crippen LogP contribution in [0.2, 0.25) is 0 Å². The summed E-state index contributed by atoms with van der Waals surface area (Å²) in [7, 11) is 0. The molecule has 12 heavy (non-hydrogen) atoms. The number of alkyl halides is 2. The van der Waals surface area contributed by atoms with Crippen molar-refractivity contribution in [3.63, 3.8) is 0 Å². The maximum Gasteiger partial charge on any atom is 0.352 e. The van der Waals surface area contributed by atoms with Crippen molar-refractivity contribution in [3.05, 3.63) is 0 Å². The van der Waals surface area contributed by atoms with E-state index in [0.717, 1.165) is 0 Å². The second-order valence-corrected chi connectivity index (χ2v) is 2.18. The van der Waals surface area contributed by atoms with E-state index in [0.29, 0.717) is 0 Å². The van der Waals surface area contributed by atoms with Gasteiger partial charge < -0.3 is 21.1 Å². The second-order valence-electron chi connectivity index (χ2n) is 2.18. The topological polar surface area (TPSA) is 104 Å². The Morgan fingerprint density at radius 3 is 2.17 bits per heavy atom. The molecule has 0 bridgehead atoms. The summed E-state index contributed by atoms with van der Waals surface area (Å²) in [6.45, 7) is -1.08. The van der Waals surface area contributed by atoms with Crippen LogP contribution in [0.25, 0.3) is 0 Å². The van der Waals surface area contributed by atoms with Crippen molar-refractivity contribution >= 4 is 5.91 Å². The van der Waals surface area contributed by atoms with Gasteiger partial charge in [0.25, 0.3) is 5.91 Å². The van der Waals surface area contributed by atoms with Crippen LogP contribution in [0.4, 0.5) is 8.78 Å². The monoisotopic (exact) mass is 185 g/mol. The van der Waals surface area contributed by atoms with E-state index in [1.807, 2.05) is 0 Å². The predicted molar refractivity (Wildman–Crippen MR) is 33.2 cm³/mol. The molecule has 0 saturated carbocycles. The number of halogens is 2. The molecule has 0 aliphatic heterocycles. The maximum atomic E-state index is 12.4. The Labute approximate surface area is 66.4 Å². The van der Waals surface area contributed by atoms with E-state index in [1.54, 1.807) is 0 Å². The van der Waals surface area contributed by atoms with Gasteiger partial charge in [-0.3, -0.25) is 4.79 Å². The summed E-state index contributed by atoms with van der Waals surface area (Å²) < 4.78 is 24.8. The summed E-state index contributed by atoms with van der Waals surface area (Å²) in [6, 6.07) is 0. The molecule has 0 aliphatic carbocycles. The van der Waals surface area contributed by atoms with Crippen LogP contribution in [0.3, 0.4) is 0 Å². The summed E-state index contributed by atoms with van der Waals surface area (Å²) in [5.41, 5.74) is 4.22. The van der Waals surface area contributed by atoms with Crippen LogP contribution in [0.15, 0.2) is 0 Å². The van der Waals surface area contributed by atoms with Crippen molar-refractivity contribution in [1.29, 1.82) is 0 Å². The first-order chi connectivity index (χ1) is 5.34. The van der Waals surface area contributed by atoms with Crippen molar-refractivity contribution in [2.24, 2.45) is 5.73 Å². The van der Waals surface area contributed by atoms with Crippen LogP contribution in [0.5, 0.6) is 0 Å². The number of aliphatic hydroxyl groups excluding tert-OH is 3. The minimum Gasteiger partial charge on any atom is -0.394 e. The first kappa shape index (κ1) is 11.2. The average Bonchev–Trinajstić information content (AvgIpc) is 2.01. The van der Waals surface area contributed by atoms with E-state index < -0.39 is 30.6 Å². The Balaban J connectivity index is 4.44. The molecule has 2 atom stereocenters. The van der Waals surface area contributed by atoms with Gasteiger partial charge in [-0.05, 0) is 0 Å². The molecule has 0 radical (unpaired) electrons. The molecule has 0 aromatic rings. The van der Waals surface area contributed by atoms with Gasteiger partial charge in [-0.2, -0.15) is 8.78 Å². The standard InChI is InChI=1S/C5H9F2NO4/c6-5(7,4(8)12)3(11)2(10)1-9/h2-3,9-11H,1H2,(H2,8,12)/t2-,3-/m1/s1. The fourth-order valence-corrected chi connectivity index (χ4v) is 0.487. The molecule has 0 unspecified atom stereocenters. The highest BCUT2D eigenvalue weighted by Crippen LogP contribution is 2.20. The Hall–Kier alpha value is -0.790. The average molecular weight is 185 g/mol. The smallest absolute Gasteiger partial charge is 0.352 e. The summed E-state index contributed by atoms with van der Waals surface area (Å²) in [5.74, 6) is -6.29. The van der Waals surface area contributed by atoms with Crippen molar-refractivity contribution in [2.75, 3.05) is 6.61 Å². The highest BCUT2D eigenvalue weighted by Gasteiger charge is 2.48. The highest BCUT2D eigenvalue weighted by atomic mass is 19.3. The fraction of sp³-hybridized carbons (Fsp3) is 0.800. The quantitative estimate of drug-likeness (QED) is 0.399. The zero-order chi connectivity index (χ0) is 9.94. The Morgan fingerprint density at radius 1 is 1.50 bits per heavy atom. The van der Waals surface area contributed by atoms with Crippen LogP contribution >= 0.6 is 0 Å². The molecule has 0 fully saturated rings. The zero-order valence-corrected chi connectivity index (χ0v) is 5.94. The van der Waals surface area contributed by atoms with E-state index in [2.05, 4.69) is 5.73 Å². The lowest BCUT2D eigenvalue weighted by molar-refractivity contribution is -0.177. The molecular weight excluding hydrogens is 176 g/mol. The van der Waals surface area contributed by atoms with Crippen molar-refractivity contribution in [1.82, 2.24) is 0 Å². The van der Waals surface area contributed by atoms with Gasteiger partial charge in [0, 0.05) is 0 Å². The molecule has 0 aromatic heterocycles. The number of hydrogen-bond donors (Lipinski definition) is 4. The second kappa shape index (κ2) is 3.74. The zero-order valence-electron chi connectivity index (χ0n) is 5.94. The first-order valence-electron chi connectivity index (χ1n) is 2.98. The van der Waals surface area contributed by atoms with Crippen molar-refractivity contribution < 1.29 is 28.9 Å². The number of primary amides is 1. The molecule has 5 nitrogen and oxygen atoms in total. The molecule has 0 aromatic carbocycles. The Kier molecular flexibility index (Phi) is 3.50. The van der Waals surface area contributed by atoms with Gasteiger partial charge in [-0.1, -0.05) is 0 Å². The van der Waals surface area contributed by atoms with Crippen LogP contribution in [0.1, 0.15) is 0 Å². The summed E-state index contributed by atoms with van der Waals surface area (Å²) in [6.07, 6.45) is -4.77. The normalized spacial score (nSPS) is 17.1. The van der Waals surface area contributed by atoms with Crippen molar-refractivity contribution in [2.45, 2.75) is 18.1 Å². The number of carbonyl (C=O) groups excluding carboxylic acids is 1. The molecule has 0 aliphatic rings. The number of rotatable bonds is 4. The number of hydrogen-bond acceptors (Lipinski definition) is 4. The molecule has 0 spiro atoms. The maximum absolute atomic E-state index is 12.4. The number of amides is 1. The summed E-state index contributed by atoms with van der Waals surface area (Å²) in [5, 5.41) is 25.2. The predicted octanol–water partition coefficient (Wildman–Crippen LogP) is -2.18. The number of aliphatic hydroxyl groups is 3. The third-order valence-corrected chi connectivity index (χ3v) is 1.25. The minimum absolute atomic E-state index is 1.08. The van der Waals surface area contributed by atoms with E-state index >= 15 is 0 Å². The van der Waals surface area contributed by atoms with Gasteiger partial charge in [0.1, 0.15) is 6.10 Å². The van der Waals surface area contributed by atoms with Crippen molar-refractivity contribution in [3.8, 4) is 0 Å². The SMILES string of the molecule is NC(=O)C(F)(F)[C@H](O)[C@H](O)CO. The van der Waals surface area contributed by atoms with Gasteiger partial charge >= 0.3 is 5.92 Å². The fourth-order valence-electron chi connectivity index (χ4n) is 0.487. The van der Waals surface area contributed by atoms with Crippen LogP contribution < -0.4 is 5.73 Å². The molecule has 0 heterocycles. The molecule has 0 rings (SSSR count). The lowest BCUT2D eigenvalue weighted by Gasteiger charge is -2.22. The third kappa shape index (κ3) is 2.10. The van der Waals surface area contributed by atoms with Gasteiger partial charge in [0.05, 0.1) is 6.61 Å². The molecule has 0 saturated heterocycles. The summed E-state index contributed by atoms with van der Waals surface area (Å²) in [4.78, 5) is 10.0. The van der Waals surface area contributed by atoms with Crippen LogP contribution in [-0.4, -0.2) is 46.0 Å². The van der Waals surface area contributed by atoms with Crippen LogP contribution in [0, 0.1) is 0 Å². The molecule has 1 amide bonds. The molecule has 5 N–H and O–H groups in total. The van der Waals surface area contributed by atoms with Crippen LogP contribution in [-0.2, 0) is 4.79 Å². The number of carbonyl (C=O) groups is 1. The van der Waals surface area contributed by atoms with E-state index in [1.165, 1.54) is 0 Å². The van der Waals surface area contributed by atoms with Gasteiger partial charge in [0.2, 0.25) is 0 Å². The lowest BCUT2D eigenvalue weighted by Crippen LogP contribution is -2.52. The lowest BCUT2D eigenvalue weighted by atomic mass is 10.1. The van der Waals surface area contributed by atoms with E-state index in [9.17, 15) is 13.6 Å². The molecule has 7 heteroatoms. The third-order valence-electron chi connectivity index (χ3n) is 1.25. The van der Waals surface area contributed by atoms with Gasteiger partial charge in [0.15, 0.2) is 6.10 Å². The van der Waals surface area contributed by atoms with E-state index in [4.69, 9.17) is 15.3 Å². The molecular formula is C5H9F2NO4. The summed E-state index contributed by atoms with van der Waals surface area (Å²) >= 11 is 0. The van der Waals surface area contributed by atoms with Gasteiger partial charge in [-0.25, -0.2) is 0 Å². The molecule has 72 valence electrons. The number of nitrogens with two attached hydrogens (primary N) is 1. The minimum atomic E-state index is -4.23. The highest BCUT2D eigenvalue weighted by molar-refractivity contribution is 5.82. The Morgan fingerprint density at radius 2 is 1.92 bits per heavy atom. The van der Waals surface area contributed by atoms with Gasteiger partial charge in [-0.15, -0.1) is 0 Å². The van der Waals surface area contributed by atoms with E-state index in [-0.39, 0.29) is 0 Å². The first-order valence-corrected chi connectivity index (χ1v) is 2.98. The largest absolute Gasteiger partial charge is 0.394 e. The Bertz CT molecular complexity index is 175.